The molecule has 3 heteroatoms. The molecule has 0 aliphatic rings. The van der Waals surface area contributed by atoms with Crippen molar-refractivity contribution < 1.29 is 9.84 Å². The first kappa shape index (κ1) is 15.0. The molecule has 0 bridgehead atoms. The van der Waals surface area contributed by atoms with E-state index < -0.39 is 6.10 Å². The summed E-state index contributed by atoms with van der Waals surface area (Å²) in [6.45, 7) is 8.12. The lowest BCUT2D eigenvalue weighted by atomic mass is 10.1. The van der Waals surface area contributed by atoms with Crippen molar-refractivity contribution in [3.63, 3.8) is 0 Å². The topological polar surface area (TPSA) is 41.5 Å². The van der Waals surface area contributed by atoms with Gasteiger partial charge in [0, 0.05) is 6.54 Å². The molecule has 102 valence electrons. The minimum absolute atomic E-state index is 0.335. The first-order valence-electron chi connectivity index (χ1n) is 6.71. The lowest BCUT2D eigenvalue weighted by Gasteiger charge is -2.14. The highest BCUT2D eigenvalue weighted by atomic mass is 16.5. The van der Waals surface area contributed by atoms with Crippen LogP contribution in [0.1, 0.15) is 30.9 Å². The lowest BCUT2D eigenvalue weighted by molar-refractivity contribution is 0.106. The Morgan fingerprint density at radius 3 is 2.50 bits per heavy atom. The number of hydrogen-bond acceptors (Lipinski definition) is 3. The van der Waals surface area contributed by atoms with E-state index in [1.807, 2.05) is 26.0 Å². The Bertz CT molecular complexity index is 332. The van der Waals surface area contributed by atoms with E-state index in [0.29, 0.717) is 13.2 Å². The normalized spacial score (nSPS) is 12.4. The summed E-state index contributed by atoms with van der Waals surface area (Å²) in [6, 6.07) is 6.09. The fourth-order valence-electron chi connectivity index (χ4n) is 1.84. The molecule has 0 saturated carbocycles. The molecule has 3 nitrogen and oxygen atoms in total. The quantitative estimate of drug-likeness (QED) is 0.697. The molecule has 1 atom stereocenters. The molecule has 1 rings (SSSR count). The standard InChI is InChI=1S/C15H25NO2/c1-4-5-6-16-10-14(17)11-18-15-8-12(2)7-13(3)9-15/h7-9,14,16-17H,4-6,10-11H2,1-3H3. The lowest BCUT2D eigenvalue weighted by Crippen LogP contribution is -2.31. The van der Waals surface area contributed by atoms with Crippen molar-refractivity contribution in [3.8, 4) is 5.75 Å². The molecule has 1 aromatic rings. The average molecular weight is 251 g/mol. The second-order valence-corrected chi connectivity index (χ2v) is 4.85. The van der Waals surface area contributed by atoms with Crippen molar-refractivity contribution >= 4 is 0 Å². The summed E-state index contributed by atoms with van der Waals surface area (Å²) in [7, 11) is 0. The minimum atomic E-state index is -0.456. The number of aryl methyl sites for hydroxylation is 2. The maximum absolute atomic E-state index is 9.76. The number of rotatable bonds is 8. The van der Waals surface area contributed by atoms with Gasteiger partial charge in [-0.25, -0.2) is 0 Å². The predicted molar refractivity (Wildman–Crippen MR) is 75.2 cm³/mol. The third-order valence-corrected chi connectivity index (χ3v) is 2.72. The van der Waals surface area contributed by atoms with E-state index in [2.05, 4.69) is 18.3 Å². The third kappa shape index (κ3) is 6.03. The molecule has 0 aromatic heterocycles. The Hall–Kier alpha value is -1.06. The predicted octanol–water partition coefficient (Wildman–Crippen LogP) is 2.43. The van der Waals surface area contributed by atoms with Crippen LogP contribution < -0.4 is 10.1 Å². The summed E-state index contributed by atoms with van der Waals surface area (Å²) < 4.78 is 5.60. The van der Waals surface area contributed by atoms with Gasteiger partial charge in [-0.3, -0.25) is 0 Å². The smallest absolute Gasteiger partial charge is 0.119 e. The van der Waals surface area contributed by atoms with Crippen LogP contribution in [0.4, 0.5) is 0 Å². The zero-order chi connectivity index (χ0) is 13.4. The van der Waals surface area contributed by atoms with Gasteiger partial charge in [-0.2, -0.15) is 0 Å². The number of nitrogens with one attached hydrogen (secondary N) is 1. The Labute approximate surface area is 110 Å². The molecule has 0 aliphatic carbocycles. The second-order valence-electron chi connectivity index (χ2n) is 4.85. The molecule has 0 saturated heterocycles. The van der Waals surface area contributed by atoms with Gasteiger partial charge < -0.3 is 15.2 Å². The molecular weight excluding hydrogens is 226 g/mol. The van der Waals surface area contributed by atoms with Gasteiger partial charge in [-0.05, 0) is 50.1 Å². The van der Waals surface area contributed by atoms with Gasteiger partial charge >= 0.3 is 0 Å². The Morgan fingerprint density at radius 1 is 1.22 bits per heavy atom. The molecule has 0 heterocycles. The zero-order valence-electron chi connectivity index (χ0n) is 11.7. The van der Waals surface area contributed by atoms with Gasteiger partial charge in [-0.15, -0.1) is 0 Å². The number of aliphatic hydroxyl groups excluding tert-OH is 1. The van der Waals surface area contributed by atoms with E-state index in [4.69, 9.17) is 4.74 Å². The van der Waals surface area contributed by atoms with Gasteiger partial charge in [0.25, 0.3) is 0 Å². The molecule has 0 radical (unpaired) electrons. The van der Waals surface area contributed by atoms with Crippen LogP contribution in [0.3, 0.4) is 0 Å². The monoisotopic (exact) mass is 251 g/mol. The fraction of sp³-hybridized carbons (Fsp3) is 0.600. The van der Waals surface area contributed by atoms with Crippen LogP contribution in [-0.2, 0) is 0 Å². The van der Waals surface area contributed by atoms with Crippen molar-refractivity contribution in [1.29, 1.82) is 0 Å². The molecule has 1 unspecified atom stereocenters. The van der Waals surface area contributed by atoms with E-state index in [1.54, 1.807) is 0 Å². The van der Waals surface area contributed by atoms with Crippen molar-refractivity contribution in [1.82, 2.24) is 5.32 Å². The highest BCUT2D eigenvalue weighted by Gasteiger charge is 2.05. The number of benzene rings is 1. The maximum atomic E-state index is 9.76. The second kappa shape index (κ2) is 8.11. The summed E-state index contributed by atoms with van der Waals surface area (Å²) in [5, 5.41) is 13.0. The Morgan fingerprint density at radius 2 is 1.89 bits per heavy atom. The summed E-state index contributed by atoms with van der Waals surface area (Å²) in [5.41, 5.74) is 2.36. The van der Waals surface area contributed by atoms with Crippen molar-refractivity contribution in [2.24, 2.45) is 0 Å². The molecule has 0 aliphatic heterocycles. The molecule has 0 spiro atoms. The maximum Gasteiger partial charge on any atom is 0.119 e. The number of unbranched alkanes of at least 4 members (excludes halogenated alkanes) is 1. The van der Waals surface area contributed by atoms with Crippen LogP contribution in [0.25, 0.3) is 0 Å². The fourth-order valence-corrected chi connectivity index (χ4v) is 1.84. The minimum Gasteiger partial charge on any atom is -0.491 e. The van der Waals surface area contributed by atoms with E-state index in [9.17, 15) is 5.11 Å². The van der Waals surface area contributed by atoms with E-state index in [1.165, 1.54) is 17.5 Å². The number of ether oxygens (including phenoxy) is 1. The van der Waals surface area contributed by atoms with E-state index in [-0.39, 0.29) is 0 Å². The SMILES string of the molecule is CCCCNCC(O)COc1cc(C)cc(C)c1. The van der Waals surface area contributed by atoms with Crippen LogP contribution in [-0.4, -0.2) is 30.9 Å². The van der Waals surface area contributed by atoms with Crippen LogP contribution in [0.5, 0.6) is 5.75 Å². The first-order chi connectivity index (χ1) is 8.61. The van der Waals surface area contributed by atoms with Crippen molar-refractivity contribution in [2.45, 2.75) is 39.7 Å². The summed E-state index contributed by atoms with van der Waals surface area (Å²) >= 11 is 0. The largest absolute Gasteiger partial charge is 0.491 e. The molecule has 2 N–H and O–H groups in total. The summed E-state index contributed by atoms with van der Waals surface area (Å²) in [6.07, 6.45) is 1.86. The van der Waals surface area contributed by atoms with Gasteiger partial charge in [0.2, 0.25) is 0 Å². The van der Waals surface area contributed by atoms with Crippen LogP contribution in [0.2, 0.25) is 0 Å². The van der Waals surface area contributed by atoms with E-state index in [0.717, 1.165) is 18.7 Å². The van der Waals surface area contributed by atoms with Crippen LogP contribution >= 0.6 is 0 Å². The highest BCUT2D eigenvalue weighted by Crippen LogP contribution is 2.16. The van der Waals surface area contributed by atoms with Crippen molar-refractivity contribution in [3.05, 3.63) is 29.3 Å². The van der Waals surface area contributed by atoms with E-state index >= 15 is 0 Å². The Kier molecular flexibility index (Phi) is 6.76. The summed E-state index contributed by atoms with van der Waals surface area (Å²) in [4.78, 5) is 0. The van der Waals surface area contributed by atoms with Gasteiger partial charge in [0.1, 0.15) is 18.5 Å². The summed E-state index contributed by atoms with van der Waals surface area (Å²) in [5.74, 6) is 0.833. The average Bonchev–Trinajstić information content (AvgIpc) is 2.31. The molecule has 0 amide bonds. The van der Waals surface area contributed by atoms with Crippen LogP contribution in [0, 0.1) is 13.8 Å². The molecule has 0 fully saturated rings. The Balaban J connectivity index is 2.26. The van der Waals surface area contributed by atoms with Crippen molar-refractivity contribution in [2.75, 3.05) is 19.7 Å². The molecule has 18 heavy (non-hydrogen) atoms. The third-order valence-electron chi connectivity index (χ3n) is 2.72. The molecular formula is C15H25NO2. The van der Waals surface area contributed by atoms with Gasteiger partial charge in [0.15, 0.2) is 0 Å². The van der Waals surface area contributed by atoms with Crippen LogP contribution in [0.15, 0.2) is 18.2 Å². The number of aliphatic hydroxyl groups is 1. The molecule has 1 aromatic carbocycles. The van der Waals surface area contributed by atoms with Gasteiger partial charge in [-0.1, -0.05) is 19.4 Å². The zero-order valence-corrected chi connectivity index (χ0v) is 11.7. The number of hydrogen-bond donors (Lipinski definition) is 2. The highest BCUT2D eigenvalue weighted by molar-refractivity contribution is 5.32. The first-order valence-corrected chi connectivity index (χ1v) is 6.71. The van der Waals surface area contributed by atoms with Gasteiger partial charge in [0.05, 0.1) is 0 Å².